The topological polar surface area (TPSA) is 42.4 Å². The standard InChI is InChI=1S/C23H25BrN2O2/c1-15-12-23-19(18(15)11-21-20(23)10-17(24)13-25-21)8-5-9-26(23)22(27)28-14-16-6-3-2-4-7-16/h2-4,6-7,10,13,15,18-19H,5,8-9,11-12,14H2,1H3/t15-,18?,19+,23?/m0/s1. The van der Waals surface area contributed by atoms with Gasteiger partial charge in [-0.3, -0.25) is 9.88 Å². The molecule has 1 aliphatic heterocycles. The maximum atomic E-state index is 13.3. The Morgan fingerprint density at radius 1 is 1.36 bits per heavy atom. The number of amides is 1. The van der Waals surface area contributed by atoms with Crippen LogP contribution in [0.5, 0.6) is 0 Å². The fourth-order valence-corrected chi connectivity index (χ4v) is 6.39. The van der Waals surface area contributed by atoms with Crippen molar-refractivity contribution in [3.05, 3.63) is 63.9 Å². The molecule has 1 saturated carbocycles. The molecule has 2 bridgehead atoms. The third-order valence-corrected chi connectivity index (χ3v) is 7.56. The molecule has 5 rings (SSSR count). The zero-order valence-corrected chi connectivity index (χ0v) is 17.7. The van der Waals surface area contributed by atoms with Crippen LogP contribution in [0.3, 0.4) is 0 Å². The van der Waals surface area contributed by atoms with Gasteiger partial charge in [0.2, 0.25) is 0 Å². The van der Waals surface area contributed by atoms with Gasteiger partial charge in [-0.15, -0.1) is 0 Å². The van der Waals surface area contributed by atoms with E-state index in [-0.39, 0.29) is 11.6 Å². The largest absolute Gasteiger partial charge is 0.445 e. The summed E-state index contributed by atoms with van der Waals surface area (Å²) in [5, 5.41) is 0. The Morgan fingerprint density at radius 2 is 2.18 bits per heavy atom. The van der Waals surface area contributed by atoms with Crippen molar-refractivity contribution in [3.63, 3.8) is 0 Å². The second-order valence-corrected chi connectivity index (χ2v) is 9.48. The summed E-state index contributed by atoms with van der Waals surface area (Å²) in [5.74, 6) is 1.69. The minimum Gasteiger partial charge on any atom is -0.445 e. The van der Waals surface area contributed by atoms with Crippen LogP contribution in [0, 0.1) is 17.8 Å². The number of hydrogen-bond donors (Lipinski definition) is 0. The number of fused-ring (bicyclic) bond motifs is 1. The summed E-state index contributed by atoms with van der Waals surface area (Å²) in [4.78, 5) is 20.1. The van der Waals surface area contributed by atoms with E-state index in [1.807, 2.05) is 41.4 Å². The number of hydrogen-bond acceptors (Lipinski definition) is 3. The van der Waals surface area contributed by atoms with E-state index < -0.39 is 0 Å². The number of ether oxygens (including phenoxy) is 1. The Hall–Kier alpha value is -1.88. The molecule has 28 heavy (non-hydrogen) atoms. The molecular formula is C23H25BrN2O2. The molecule has 2 heterocycles. The van der Waals surface area contributed by atoms with Crippen molar-refractivity contribution in [2.75, 3.05) is 6.54 Å². The quantitative estimate of drug-likeness (QED) is 0.635. The highest BCUT2D eigenvalue weighted by atomic mass is 79.9. The summed E-state index contributed by atoms with van der Waals surface area (Å²) in [5.41, 5.74) is 3.16. The number of likely N-dealkylation sites (tertiary alicyclic amines) is 1. The first kappa shape index (κ1) is 18.2. The average molecular weight is 441 g/mol. The summed E-state index contributed by atoms with van der Waals surface area (Å²) >= 11 is 3.61. The number of halogens is 1. The summed E-state index contributed by atoms with van der Waals surface area (Å²) in [6.07, 6.45) is 5.97. The van der Waals surface area contributed by atoms with Crippen molar-refractivity contribution in [3.8, 4) is 0 Å². The monoisotopic (exact) mass is 440 g/mol. The molecule has 2 unspecified atom stereocenters. The maximum absolute atomic E-state index is 13.3. The van der Waals surface area contributed by atoms with Crippen LogP contribution >= 0.6 is 15.9 Å². The zero-order valence-electron chi connectivity index (χ0n) is 16.1. The molecule has 4 nitrogen and oxygen atoms in total. The van der Waals surface area contributed by atoms with Gasteiger partial charge in [-0.25, -0.2) is 4.79 Å². The van der Waals surface area contributed by atoms with Gasteiger partial charge in [0.25, 0.3) is 0 Å². The van der Waals surface area contributed by atoms with Crippen LogP contribution in [0.4, 0.5) is 4.79 Å². The Labute approximate surface area is 174 Å². The van der Waals surface area contributed by atoms with Crippen LogP contribution in [0.15, 0.2) is 47.1 Å². The molecule has 1 amide bonds. The number of aromatic nitrogens is 1. The highest BCUT2D eigenvalue weighted by Gasteiger charge is 2.62. The van der Waals surface area contributed by atoms with Crippen molar-refractivity contribution in [2.24, 2.45) is 17.8 Å². The number of piperidine rings is 1. The summed E-state index contributed by atoms with van der Waals surface area (Å²) in [6, 6.07) is 12.1. The molecule has 3 aliphatic rings. The molecule has 0 N–H and O–H groups in total. The van der Waals surface area contributed by atoms with E-state index in [4.69, 9.17) is 9.72 Å². The van der Waals surface area contributed by atoms with E-state index in [0.29, 0.717) is 24.4 Å². The number of carbonyl (C=O) groups is 1. The van der Waals surface area contributed by atoms with Crippen molar-refractivity contribution < 1.29 is 9.53 Å². The van der Waals surface area contributed by atoms with E-state index in [9.17, 15) is 4.79 Å². The number of benzene rings is 1. The number of nitrogens with zero attached hydrogens (tertiary/aromatic N) is 2. The SMILES string of the molecule is C[C@H]1CC23c4cc(Br)cnc4CC1[C@H]2CCCN3C(=O)OCc1ccccc1. The van der Waals surface area contributed by atoms with Crippen molar-refractivity contribution in [2.45, 2.75) is 44.8 Å². The Kier molecular flexibility index (Phi) is 4.46. The second-order valence-electron chi connectivity index (χ2n) is 8.56. The van der Waals surface area contributed by atoms with Crippen molar-refractivity contribution >= 4 is 22.0 Å². The molecule has 2 aliphatic carbocycles. The highest BCUT2D eigenvalue weighted by Crippen LogP contribution is 2.61. The molecule has 1 aromatic heterocycles. The minimum absolute atomic E-state index is 0.186. The van der Waals surface area contributed by atoms with E-state index in [1.54, 1.807) is 0 Å². The lowest BCUT2D eigenvalue weighted by Crippen LogP contribution is -2.57. The lowest BCUT2D eigenvalue weighted by Gasteiger charge is -2.52. The van der Waals surface area contributed by atoms with Gasteiger partial charge in [-0.2, -0.15) is 0 Å². The summed E-state index contributed by atoms with van der Waals surface area (Å²) in [6.45, 7) is 3.42. The van der Waals surface area contributed by atoms with Gasteiger partial charge in [0.05, 0.1) is 5.54 Å². The van der Waals surface area contributed by atoms with E-state index in [2.05, 4.69) is 28.9 Å². The van der Waals surface area contributed by atoms with Crippen LogP contribution in [-0.2, 0) is 23.3 Å². The van der Waals surface area contributed by atoms with Crippen molar-refractivity contribution in [1.29, 1.82) is 0 Å². The molecule has 2 fully saturated rings. The lowest BCUT2D eigenvalue weighted by molar-refractivity contribution is -0.0141. The number of rotatable bonds is 2. The first-order chi connectivity index (χ1) is 13.6. The predicted molar refractivity (Wildman–Crippen MR) is 111 cm³/mol. The molecule has 0 radical (unpaired) electrons. The Bertz CT molecular complexity index is 903. The minimum atomic E-state index is -0.263. The maximum Gasteiger partial charge on any atom is 0.410 e. The number of carbonyl (C=O) groups excluding carboxylic acids is 1. The van der Waals surface area contributed by atoms with Gasteiger partial charge < -0.3 is 4.74 Å². The summed E-state index contributed by atoms with van der Waals surface area (Å²) in [7, 11) is 0. The van der Waals surface area contributed by atoms with Crippen LogP contribution < -0.4 is 0 Å². The van der Waals surface area contributed by atoms with E-state index >= 15 is 0 Å². The fraction of sp³-hybridized carbons (Fsp3) is 0.478. The number of pyridine rings is 1. The molecule has 2 aromatic rings. The molecule has 4 atom stereocenters. The second kappa shape index (κ2) is 6.87. The van der Waals surface area contributed by atoms with E-state index in [0.717, 1.165) is 41.5 Å². The van der Waals surface area contributed by atoms with Gasteiger partial charge in [0.1, 0.15) is 6.61 Å². The molecular weight excluding hydrogens is 416 g/mol. The first-order valence-corrected chi connectivity index (χ1v) is 11.0. The Morgan fingerprint density at radius 3 is 3.00 bits per heavy atom. The van der Waals surface area contributed by atoms with Crippen LogP contribution in [0.2, 0.25) is 0 Å². The van der Waals surface area contributed by atoms with Gasteiger partial charge in [-0.05, 0) is 71.0 Å². The van der Waals surface area contributed by atoms with Crippen LogP contribution in [0.1, 0.15) is 43.0 Å². The zero-order chi connectivity index (χ0) is 19.3. The summed E-state index contributed by atoms with van der Waals surface area (Å²) < 4.78 is 6.78. The highest BCUT2D eigenvalue weighted by molar-refractivity contribution is 9.10. The molecule has 146 valence electrons. The van der Waals surface area contributed by atoms with E-state index in [1.165, 1.54) is 12.0 Å². The third-order valence-electron chi connectivity index (χ3n) is 7.13. The van der Waals surface area contributed by atoms with Crippen LogP contribution in [-0.4, -0.2) is 22.5 Å². The first-order valence-electron chi connectivity index (χ1n) is 10.2. The third kappa shape index (κ3) is 2.70. The van der Waals surface area contributed by atoms with Crippen molar-refractivity contribution in [1.82, 2.24) is 9.88 Å². The Balaban J connectivity index is 1.51. The lowest BCUT2D eigenvalue weighted by atomic mass is 9.66. The molecule has 0 spiro atoms. The predicted octanol–water partition coefficient (Wildman–Crippen LogP) is 5.30. The fourth-order valence-electron chi connectivity index (χ4n) is 6.05. The smallest absolute Gasteiger partial charge is 0.410 e. The van der Waals surface area contributed by atoms with Crippen LogP contribution in [0.25, 0.3) is 0 Å². The molecule has 1 aromatic carbocycles. The normalized spacial score (nSPS) is 30.5. The molecule has 1 saturated heterocycles. The molecule has 5 heteroatoms. The van der Waals surface area contributed by atoms with Gasteiger partial charge in [0, 0.05) is 28.5 Å². The van der Waals surface area contributed by atoms with Gasteiger partial charge in [-0.1, -0.05) is 37.3 Å². The average Bonchev–Trinajstić information content (AvgIpc) is 2.94. The van der Waals surface area contributed by atoms with Gasteiger partial charge in [0.15, 0.2) is 0 Å². The van der Waals surface area contributed by atoms with Gasteiger partial charge >= 0.3 is 6.09 Å².